The topological polar surface area (TPSA) is 41.5 Å². The van der Waals surface area contributed by atoms with Crippen LogP contribution in [-0.4, -0.2) is 24.0 Å². The minimum Gasteiger partial charge on any atom is -0.497 e. The maximum absolute atomic E-state index is 8.59. The van der Waals surface area contributed by atoms with Crippen molar-refractivity contribution in [3.05, 3.63) is 29.8 Å². The van der Waals surface area contributed by atoms with E-state index in [0.717, 1.165) is 36.5 Å². The lowest BCUT2D eigenvalue weighted by Gasteiger charge is -2.14. The number of hydrogen-bond donors (Lipinski definition) is 2. The van der Waals surface area contributed by atoms with Crippen molar-refractivity contribution in [2.24, 2.45) is 0 Å². The quantitative estimate of drug-likeness (QED) is 0.569. The molecule has 3 nitrogen and oxygen atoms in total. The van der Waals surface area contributed by atoms with Crippen molar-refractivity contribution >= 4 is 12.0 Å². The Hall–Kier alpha value is -0.710. The van der Waals surface area contributed by atoms with Gasteiger partial charge in [-0.15, -0.1) is 0 Å². The van der Waals surface area contributed by atoms with Gasteiger partial charge >= 0.3 is 0 Å². The van der Waals surface area contributed by atoms with Gasteiger partial charge in [-0.2, -0.15) is 0 Å². The third kappa shape index (κ3) is 4.43. The molecule has 0 aromatic heterocycles. The van der Waals surface area contributed by atoms with Crippen LogP contribution in [0.3, 0.4) is 0 Å². The standard InChI is InChI=1S/C12H19NO2S/c1-10(13-7-4-8-16-14)11-5-3-6-12(9-11)15-2/h3,5-6,9-10,13-14H,4,7-8H2,1-2H3. The highest BCUT2D eigenvalue weighted by Gasteiger charge is 2.04. The van der Waals surface area contributed by atoms with E-state index in [9.17, 15) is 0 Å². The second-order valence-electron chi connectivity index (χ2n) is 3.64. The zero-order valence-electron chi connectivity index (χ0n) is 9.77. The van der Waals surface area contributed by atoms with E-state index in [2.05, 4.69) is 18.3 Å². The average molecular weight is 241 g/mol. The fraction of sp³-hybridized carbons (Fsp3) is 0.500. The third-order valence-corrected chi connectivity index (χ3v) is 2.93. The van der Waals surface area contributed by atoms with Crippen molar-refractivity contribution < 1.29 is 9.29 Å². The summed E-state index contributed by atoms with van der Waals surface area (Å²) in [7, 11) is 1.68. The lowest BCUT2D eigenvalue weighted by atomic mass is 10.1. The normalized spacial score (nSPS) is 12.4. The van der Waals surface area contributed by atoms with E-state index in [0.29, 0.717) is 6.04 Å². The molecular formula is C12H19NO2S. The Bertz CT molecular complexity index is 307. The van der Waals surface area contributed by atoms with Crippen LogP contribution < -0.4 is 10.1 Å². The lowest BCUT2D eigenvalue weighted by molar-refractivity contribution is 0.413. The molecule has 0 spiro atoms. The van der Waals surface area contributed by atoms with E-state index in [-0.39, 0.29) is 0 Å². The van der Waals surface area contributed by atoms with Gasteiger partial charge in [-0.1, -0.05) is 12.1 Å². The van der Waals surface area contributed by atoms with Crippen LogP contribution in [0.2, 0.25) is 0 Å². The largest absolute Gasteiger partial charge is 0.497 e. The highest BCUT2D eigenvalue weighted by Crippen LogP contribution is 2.18. The number of ether oxygens (including phenoxy) is 1. The Morgan fingerprint density at radius 3 is 3.00 bits per heavy atom. The minimum absolute atomic E-state index is 0.304. The van der Waals surface area contributed by atoms with Gasteiger partial charge in [0, 0.05) is 11.8 Å². The first-order valence-electron chi connectivity index (χ1n) is 5.41. The summed E-state index contributed by atoms with van der Waals surface area (Å²) in [4.78, 5) is 0. The number of benzene rings is 1. The second-order valence-corrected chi connectivity index (χ2v) is 4.31. The van der Waals surface area contributed by atoms with Crippen LogP contribution in [0.4, 0.5) is 0 Å². The van der Waals surface area contributed by atoms with E-state index in [1.807, 2.05) is 18.2 Å². The molecule has 1 aromatic carbocycles. The Morgan fingerprint density at radius 1 is 1.50 bits per heavy atom. The molecule has 0 saturated heterocycles. The fourth-order valence-corrected chi connectivity index (χ4v) is 1.76. The summed E-state index contributed by atoms with van der Waals surface area (Å²) in [6, 6.07) is 8.37. The van der Waals surface area contributed by atoms with Gasteiger partial charge in [0.15, 0.2) is 0 Å². The first-order valence-corrected chi connectivity index (χ1v) is 6.36. The molecule has 1 aromatic rings. The van der Waals surface area contributed by atoms with Gasteiger partial charge in [0.25, 0.3) is 0 Å². The Labute approximate surface area is 101 Å². The molecule has 0 bridgehead atoms. The molecule has 0 heterocycles. The van der Waals surface area contributed by atoms with Crippen LogP contribution in [-0.2, 0) is 0 Å². The number of hydrogen-bond acceptors (Lipinski definition) is 4. The summed E-state index contributed by atoms with van der Waals surface area (Å²) in [6.45, 7) is 3.03. The number of nitrogens with one attached hydrogen (secondary N) is 1. The van der Waals surface area contributed by atoms with Crippen molar-refractivity contribution in [2.75, 3.05) is 19.4 Å². The van der Waals surface area contributed by atoms with Crippen molar-refractivity contribution in [3.63, 3.8) is 0 Å². The molecule has 90 valence electrons. The average Bonchev–Trinajstić information content (AvgIpc) is 2.34. The van der Waals surface area contributed by atoms with E-state index < -0.39 is 0 Å². The molecule has 1 unspecified atom stereocenters. The van der Waals surface area contributed by atoms with E-state index in [1.54, 1.807) is 7.11 Å². The predicted octanol–water partition coefficient (Wildman–Crippen LogP) is 2.94. The van der Waals surface area contributed by atoms with Crippen LogP contribution in [0.25, 0.3) is 0 Å². The Balaban J connectivity index is 2.42. The third-order valence-electron chi connectivity index (χ3n) is 2.46. The summed E-state index contributed by atoms with van der Waals surface area (Å²) >= 11 is 0.895. The summed E-state index contributed by atoms with van der Waals surface area (Å²) < 4.78 is 13.8. The number of methoxy groups -OCH3 is 1. The summed E-state index contributed by atoms with van der Waals surface area (Å²) in [6.07, 6.45) is 0.968. The van der Waals surface area contributed by atoms with E-state index in [4.69, 9.17) is 9.29 Å². The van der Waals surface area contributed by atoms with Gasteiger partial charge in [-0.05, 0) is 49.6 Å². The van der Waals surface area contributed by atoms with E-state index >= 15 is 0 Å². The van der Waals surface area contributed by atoms with Crippen molar-refractivity contribution in [1.29, 1.82) is 0 Å². The molecule has 0 aliphatic rings. The highest BCUT2D eigenvalue weighted by molar-refractivity contribution is 7.93. The molecular weight excluding hydrogens is 222 g/mol. The highest BCUT2D eigenvalue weighted by atomic mass is 32.2. The van der Waals surface area contributed by atoms with Crippen LogP contribution in [0, 0.1) is 0 Å². The predicted molar refractivity (Wildman–Crippen MR) is 69.1 cm³/mol. The smallest absolute Gasteiger partial charge is 0.119 e. The van der Waals surface area contributed by atoms with Crippen LogP contribution in [0.15, 0.2) is 24.3 Å². The maximum atomic E-state index is 8.59. The molecule has 2 N–H and O–H groups in total. The molecule has 0 amide bonds. The van der Waals surface area contributed by atoms with Crippen molar-refractivity contribution in [1.82, 2.24) is 5.32 Å². The lowest BCUT2D eigenvalue weighted by Crippen LogP contribution is -2.20. The summed E-state index contributed by atoms with van der Waals surface area (Å²) in [5.41, 5.74) is 1.22. The second kappa shape index (κ2) is 7.54. The molecule has 1 rings (SSSR count). The zero-order valence-corrected chi connectivity index (χ0v) is 10.6. The zero-order chi connectivity index (χ0) is 11.8. The molecule has 0 aliphatic heterocycles. The molecule has 4 heteroatoms. The summed E-state index contributed by atoms with van der Waals surface area (Å²) in [5, 5.41) is 3.41. The van der Waals surface area contributed by atoms with Crippen LogP contribution in [0.5, 0.6) is 5.75 Å². The SMILES string of the molecule is COc1cccc(C(C)NCCCSO)c1. The fourth-order valence-electron chi connectivity index (χ4n) is 1.48. The molecule has 16 heavy (non-hydrogen) atoms. The monoisotopic (exact) mass is 241 g/mol. The van der Waals surface area contributed by atoms with Gasteiger partial charge in [0.05, 0.1) is 7.11 Å². The van der Waals surface area contributed by atoms with E-state index in [1.165, 1.54) is 5.56 Å². The summed E-state index contributed by atoms with van der Waals surface area (Å²) in [5.74, 6) is 1.66. The molecule has 0 radical (unpaired) electrons. The first kappa shape index (κ1) is 13.4. The molecule has 0 aliphatic carbocycles. The molecule has 0 fully saturated rings. The van der Waals surface area contributed by atoms with Crippen LogP contribution >= 0.6 is 12.0 Å². The Kier molecular flexibility index (Phi) is 6.30. The van der Waals surface area contributed by atoms with Crippen molar-refractivity contribution in [3.8, 4) is 5.75 Å². The van der Waals surface area contributed by atoms with Gasteiger partial charge in [-0.25, -0.2) is 0 Å². The molecule has 1 atom stereocenters. The Morgan fingerprint density at radius 2 is 2.31 bits per heavy atom. The van der Waals surface area contributed by atoms with Crippen LogP contribution in [0.1, 0.15) is 24.9 Å². The van der Waals surface area contributed by atoms with Gasteiger partial charge in [0.2, 0.25) is 0 Å². The van der Waals surface area contributed by atoms with Gasteiger partial charge in [0.1, 0.15) is 5.75 Å². The van der Waals surface area contributed by atoms with Crippen molar-refractivity contribution in [2.45, 2.75) is 19.4 Å². The van der Waals surface area contributed by atoms with Gasteiger partial charge < -0.3 is 14.6 Å². The molecule has 0 saturated carbocycles. The number of rotatable bonds is 7. The first-order chi connectivity index (χ1) is 7.77. The van der Waals surface area contributed by atoms with Gasteiger partial charge in [-0.3, -0.25) is 0 Å². The minimum atomic E-state index is 0.304. The maximum Gasteiger partial charge on any atom is 0.119 e.